The molecule has 0 unspecified atom stereocenters. The number of hydrogen-bond acceptors (Lipinski definition) is 4. The van der Waals surface area contributed by atoms with Crippen LogP contribution in [-0.2, 0) is 0 Å². The van der Waals surface area contributed by atoms with Gasteiger partial charge in [0.15, 0.2) is 0 Å². The maximum Gasteiger partial charge on any atom is 0.252 e. The van der Waals surface area contributed by atoms with Crippen LogP contribution in [0.4, 0.5) is 0 Å². The van der Waals surface area contributed by atoms with Gasteiger partial charge in [-0.2, -0.15) is 0 Å². The second-order valence-electron chi connectivity index (χ2n) is 9.76. The minimum atomic E-state index is -0.389. The maximum absolute atomic E-state index is 13.5. The van der Waals surface area contributed by atoms with Crippen molar-refractivity contribution < 1.29 is 19.1 Å². The number of hydrogen-bond donors (Lipinski definition) is 2. The zero-order valence-corrected chi connectivity index (χ0v) is 23.5. The number of carbonyl (C=O) groups excluding carboxylic acids is 2. The van der Waals surface area contributed by atoms with Crippen LogP contribution in [0.1, 0.15) is 55.1 Å². The van der Waals surface area contributed by atoms with Crippen molar-refractivity contribution in [3.63, 3.8) is 0 Å². The van der Waals surface area contributed by atoms with Crippen molar-refractivity contribution in [2.75, 3.05) is 14.2 Å². The highest BCUT2D eigenvalue weighted by molar-refractivity contribution is 6.00. The Morgan fingerprint density at radius 3 is 1.19 bits per heavy atom. The molecule has 2 N–H and O–H groups in total. The van der Waals surface area contributed by atoms with Crippen molar-refractivity contribution in [1.82, 2.24) is 10.6 Å². The molecule has 0 heterocycles. The highest BCUT2D eigenvalue weighted by atomic mass is 16.5. The van der Waals surface area contributed by atoms with Crippen molar-refractivity contribution in [2.45, 2.75) is 12.1 Å². The van der Waals surface area contributed by atoms with E-state index in [9.17, 15) is 9.59 Å². The summed E-state index contributed by atoms with van der Waals surface area (Å²) in [7, 11) is 3.24. The van der Waals surface area contributed by atoms with Crippen LogP contribution in [0.5, 0.6) is 11.5 Å². The molecular formula is C36H32N2O4. The van der Waals surface area contributed by atoms with Crippen LogP contribution in [0.15, 0.2) is 133 Å². The van der Waals surface area contributed by atoms with Gasteiger partial charge in [0.2, 0.25) is 0 Å². The summed E-state index contributed by atoms with van der Waals surface area (Å²) in [6.45, 7) is 0. The summed E-state index contributed by atoms with van der Waals surface area (Å²) >= 11 is 0. The van der Waals surface area contributed by atoms with Crippen LogP contribution in [0, 0.1) is 0 Å². The largest absolute Gasteiger partial charge is 0.497 e. The van der Waals surface area contributed by atoms with Gasteiger partial charge in [-0.1, -0.05) is 91.0 Å². The van der Waals surface area contributed by atoms with Gasteiger partial charge in [0.25, 0.3) is 11.8 Å². The topological polar surface area (TPSA) is 76.7 Å². The van der Waals surface area contributed by atoms with Crippen molar-refractivity contribution in [2.24, 2.45) is 0 Å². The molecule has 210 valence electrons. The number of nitrogens with one attached hydrogen (secondary N) is 2. The first-order valence-electron chi connectivity index (χ1n) is 13.7. The van der Waals surface area contributed by atoms with E-state index in [0.717, 1.165) is 33.8 Å². The Morgan fingerprint density at radius 1 is 0.476 bits per heavy atom. The van der Waals surface area contributed by atoms with E-state index in [2.05, 4.69) is 10.6 Å². The first kappa shape index (κ1) is 28.2. The van der Waals surface area contributed by atoms with Gasteiger partial charge in [0, 0.05) is 11.1 Å². The molecule has 42 heavy (non-hydrogen) atoms. The average molecular weight is 557 g/mol. The maximum atomic E-state index is 13.5. The monoisotopic (exact) mass is 556 g/mol. The van der Waals surface area contributed by atoms with Crippen LogP contribution in [0.3, 0.4) is 0 Å². The molecule has 5 aromatic carbocycles. The minimum absolute atomic E-state index is 0.288. The summed E-state index contributed by atoms with van der Waals surface area (Å²) in [4.78, 5) is 27.1. The molecule has 0 aliphatic carbocycles. The van der Waals surface area contributed by atoms with Crippen molar-refractivity contribution in [3.05, 3.63) is 167 Å². The number of methoxy groups -OCH3 is 2. The third kappa shape index (κ3) is 6.67. The zero-order valence-electron chi connectivity index (χ0n) is 23.5. The fraction of sp³-hybridized carbons (Fsp3) is 0.111. The molecule has 5 rings (SSSR count). The van der Waals surface area contributed by atoms with Crippen LogP contribution >= 0.6 is 0 Å². The summed E-state index contributed by atoms with van der Waals surface area (Å²) in [6, 6.07) is 40.7. The second kappa shape index (κ2) is 13.3. The summed E-state index contributed by atoms with van der Waals surface area (Å²) in [5.74, 6) is 0.895. The lowest BCUT2D eigenvalue weighted by atomic mass is 9.97. The van der Waals surface area contributed by atoms with Crippen LogP contribution in [0.2, 0.25) is 0 Å². The molecule has 0 aliphatic rings. The molecule has 6 heteroatoms. The van der Waals surface area contributed by atoms with Gasteiger partial charge >= 0.3 is 0 Å². The summed E-state index contributed by atoms with van der Waals surface area (Å²) in [5, 5.41) is 6.30. The lowest BCUT2D eigenvalue weighted by molar-refractivity contribution is 0.0942. The molecule has 0 radical (unpaired) electrons. The third-order valence-electron chi connectivity index (χ3n) is 7.10. The molecule has 0 aliphatic heterocycles. The molecular weight excluding hydrogens is 524 g/mol. The Bertz CT molecular complexity index is 1500. The SMILES string of the molecule is COc1ccc([C@H](NC(=O)c2cccc(C(=O)N[C@@H](c3ccccc3)c3ccc(OC)cc3)c2)c2ccccc2)cc1. The van der Waals surface area contributed by atoms with Crippen molar-refractivity contribution >= 4 is 11.8 Å². The molecule has 0 bridgehead atoms. The van der Waals surface area contributed by atoms with Crippen LogP contribution in [0.25, 0.3) is 0 Å². The third-order valence-corrected chi connectivity index (χ3v) is 7.10. The highest BCUT2D eigenvalue weighted by Crippen LogP contribution is 2.26. The summed E-state index contributed by atoms with van der Waals surface area (Å²) in [5.41, 5.74) is 4.48. The van der Waals surface area contributed by atoms with Gasteiger partial charge in [-0.3, -0.25) is 9.59 Å². The van der Waals surface area contributed by atoms with Crippen molar-refractivity contribution in [3.8, 4) is 11.5 Å². The van der Waals surface area contributed by atoms with Gasteiger partial charge in [0.1, 0.15) is 11.5 Å². The smallest absolute Gasteiger partial charge is 0.252 e. The van der Waals surface area contributed by atoms with Gasteiger partial charge < -0.3 is 20.1 Å². The standard InChI is InChI=1S/C36H32N2O4/c1-41-31-20-16-27(17-21-31)33(25-10-5-3-6-11-25)37-35(39)29-14-9-15-30(24-29)36(40)38-34(26-12-7-4-8-13-26)28-18-22-32(42-2)23-19-28/h3-24,33-34H,1-2H3,(H,37,39)(H,38,40)/t33-,34+. The van der Waals surface area contributed by atoms with E-state index < -0.39 is 0 Å². The first-order valence-corrected chi connectivity index (χ1v) is 13.7. The summed E-state index contributed by atoms with van der Waals surface area (Å²) < 4.78 is 10.6. The quantitative estimate of drug-likeness (QED) is 0.200. The molecule has 2 amide bonds. The van der Waals surface area contributed by atoms with Crippen LogP contribution in [-0.4, -0.2) is 26.0 Å². The lowest BCUT2D eigenvalue weighted by Gasteiger charge is -2.21. The van der Waals surface area contributed by atoms with E-state index in [1.54, 1.807) is 38.5 Å². The van der Waals surface area contributed by atoms with E-state index >= 15 is 0 Å². The van der Waals surface area contributed by atoms with E-state index in [0.29, 0.717) is 11.1 Å². The Hall–Kier alpha value is -5.36. The van der Waals surface area contributed by atoms with E-state index in [-0.39, 0.29) is 23.9 Å². The number of ether oxygens (including phenoxy) is 2. The molecule has 6 nitrogen and oxygen atoms in total. The molecule has 0 saturated heterocycles. The lowest BCUT2D eigenvalue weighted by Crippen LogP contribution is -2.31. The predicted octanol–water partition coefficient (Wildman–Crippen LogP) is 6.74. The van der Waals surface area contributed by atoms with E-state index in [1.807, 2.05) is 109 Å². The first-order chi connectivity index (χ1) is 20.6. The normalized spacial score (nSPS) is 12.0. The van der Waals surface area contributed by atoms with Crippen LogP contribution < -0.4 is 20.1 Å². The number of benzene rings is 5. The van der Waals surface area contributed by atoms with Crippen molar-refractivity contribution in [1.29, 1.82) is 0 Å². The van der Waals surface area contributed by atoms with Gasteiger partial charge in [-0.05, 0) is 64.7 Å². The van der Waals surface area contributed by atoms with Gasteiger partial charge in [0.05, 0.1) is 26.3 Å². The zero-order chi connectivity index (χ0) is 29.3. The average Bonchev–Trinajstić information content (AvgIpc) is 3.07. The molecule has 0 spiro atoms. The number of carbonyl (C=O) groups is 2. The number of amides is 2. The second-order valence-corrected chi connectivity index (χ2v) is 9.76. The fourth-order valence-corrected chi connectivity index (χ4v) is 4.83. The van der Waals surface area contributed by atoms with Gasteiger partial charge in [-0.15, -0.1) is 0 Å². The van der Waals surface area contributed by atoms with Gasteiger partial charge in [-0.25, -0.2) is 0 Å². The fourth-order valence-electron chi connectivity index (χ4n) is 4.83. The minimum Gasteiger partial charge on any atom is -0.497 e. The Morgan fingerprint density at radius 2 is 0.833 bits per heavy atom. The summed E-state index contributed by atoms with van der Waals surface area (Å²) in [6.07, 6.45) is 0. The molecule has 2 atom stereocenters. The predicted molar refractivity (Wildman–Crippen MR) is 164 cm³/mol. The number of rotatable bonds is 10. The highest BCUT2D eigenvalue weighted by Gasteiger charge is 2.21. The van der Waals surface area contributed by atoms with E-state index in [4.69, 9.17) is 9.47 Å². The Balaban J connectivity index is 1.38. The molecule has 0 aromatic heterocycles. The molecule has 0 fully saturated rings. The Labute approximate surface area is 245 Å². The molecule has 5 aromatic rings. The Kier molecular flexibility index (Phi) is 8.94. The molecule has 0 saturated carbocycles. The van der Waals surface area contributed by atoms with E-state index in [1.165, 1.54) is 0 Å².